The predicted octanol–water partition coefficient (Wildman–Crippen LogP) is 1.02. The van der Waals surface area contributed by atoms with Gasteiger partial charge in [-0.1, -0.05) is 0 Å². The Kier molecular flexibility index (Phi) is 5.15. The highest BCUT2D eigenvalue weighted by Crippen LogP contribution is 2.11. The van der Waals surface area contributed by atoms with Crippen molar-refractivity contribution in [1.82, 2.24) is 14.7 Å². The van der Waals surface area contributed by atoms with Crippen molar-refractivity contribution < 1.29 is 4.79 Å². The van der Waals surface area contributed by atoms with Gasteiger partial charge in [0, 0.05) is 25.3 Å². The monoisotopic (exact) mass is 238 g/mol. The Morgan fingerprint density at radius 1 is 1.47 bits per heavy atom. The van der Waals surface area contributed by atoms with Crippen molar-refractivity contribution >= 4 is 5.91 Å². The number of nitrogens with two attached hydrogens (primary N) is 1. The summed E-state index contributed by atoms with van der Waals surface area (Å²) in [5.41, 5.74) is 7.09. The molecule has 0 aliphatic rings. The number of amides is 1. The van der Waals surface area contributed by atoms with Crippen molar-refractivity contribution in [3.05, 3.63) is 17.5 Å². The lowest BCUT2D eigenvalue weighted by Gasteiger charge is -2.18. The fourth-order valence-electron chi connectivity index (χ4n) is 1.80. The molecule has 0 spiro atoms. The lowest BCUT2D eigenvalue weighted by molar-refractivity contribution is 0.0772. The summed E-state index contributed by atoms with van der Waals surface area (Å²) in [6.07, 6.45) is 2.54. The lowest BCUT2D eigenvalue weighted by atomic mass is 10.2. The summed E-state index contributed by atoms with van der Waals surface area (Å²) < 4.78 is 1.85. The number of carbonyl (C=O) groups excluding carboxylic acids is 1. The number of carbonyl (C=O) groups is 1. The van der Waals surface area contributed by atoms with Crippen LogP contribution in [-0.2, 0) is 6.54 Å². The summed E-state index contributed by atoms with van der Waals surface area (Å²) in [5.74, 6) is 0.0616. The van der Waals surface area contributed by atoms with Gasteiger partial charge in [-0.25, -0.2) is 0 Å². The Labute approximate surface area is 103 Å². The first-order chi connectivity index (χ1) is 8.15. The molecule has 0 bridgehead atoms. The number of aryl methyl sites for hydroxylation is 1. The Bertz CT molecular complexity index is 369. The highest BCUT2D eigenvalue weighted by Gasteiger charge is 2.18. The van der Waals surface area contributed by atoms with Crippen LogP contribution in [0.4, 0.5) is 0 Å². The van der Waals surface area contributed by atoms with Crippen molar-refractivity contribution in [2.24, 2.45) is 5.73 Å². The van der Waals surface area contributed by atoms with Gasteiger partial charge in [-0.3, -0.25) is 9.48 Å². The third-order valence-corrected chi connectivity index (χ3v) is 2.96. The van der Waals surface area contributed by atoms with Crippen molar-refractivity contribution in [3.8, 4) is 0 Å². The average molecular weight is 238 g/mol. The Morgan fingerprint density at radius 3 is 2.65 bits per heavy atom. The Balaban J connectivity index is 2.84. The van der Waals surface area contributed by atoms with E-state index in [4.69, 9.17) is 5.73 Å². The lowest BCUT2D eigenvalue weighted by Crippen LogP contribution is -2.30. The van der Waals surface area contributed by atoms with E-state index in [1.807, 2.05) is 25.5 Å². The minimum atomic E-state index is 0.0616. The van der Waals surface area contributed by atoms with Gasteiger partial charge in [0.2, 0.25) is 0 Å². The third kappa shape index (κ3) is 3.06. The number of hydrogen-bond acceptors (Lipinski definition) is 3. The van der Waals surface area contributed by atoms with Gasteiger partial charge in [0.15, 0.2) is 0 Å². The maximum absolute atomic E-state index is 12.2. The van der Waals surface area contributed by atoms with Crippen LogP contribution in [0.1, 0.15) is 36.3 Å². The quantitative estimate of drug-likeness (QED) is 0.805. The van der Waals surface area contributed by atoms with Crippen LogP contribution in [0.2, 0.25) is 0 Å². The van der Waals surface area contributed by atoms with E-state index in [0.29, 0.717) is 12.1 Å². The van der Waals surface area contributed by atoms with Crippen LogP contribution in [0.15, 0.2) is 6.20 Å². The molecule has 1 aromatic heterocycles. The fourth-order valence-corrected chi connectivity index (χ4v) is 1.80. The second kappa shape index (κ2) is 6.39. The van der Waals surface area contributed by atoms with E-state index in [2.05, 4.69) is 5.10 Å². The van der Waals surface area contributed by atoms with Gasteiger partial charge in [0.05, 0.1) is 11.8 Å². The molecule has 0 atom stereocenters. The minimum Gasteiger partial charge on any atom is -0.339 e. The molecule has 17 heavy (non-hydrogen) atoms. The molecular weight excluding hydrogens is 216 g/mol. The highest BCUT2D eigenvalue weighted by molar-refractivity contribution is 5.95. The van der Waals surface area contributed by atoms with Crippen molar-refractivity contribution in [2.45, 2.75) is 33.7 Å². The molecule has 5 nitrogen and oxygen atoms in total. The molecule has 1 rings (SSSR count). The van der Waals surface area contributed by atoms with Crippen molar-refractivity contribution in [1.29, 1.82) is 0 Å². The van der Waals surface area contributed by atoms with Crippen LogP contribution in [0, 0.1) is 6.92 Å². The van der Waals surface area contributed by atoms with Crippen LogP contribution in [0.5, 0.6) is 0 Å². The molecule has 1 amide bonds. The summed E-state index contributed by atoms with van der Waals surface area (Å²) in [4.78, 5) is 14.0. The molecule has 0 fully saturated rings. The van der Waals surface area contributed by atoms with Gasteiger partial charge in [-0.05, 0) is 33.7 Å². The number of hydrogen-bond donors (Lipinski definition) is 1. The van der Waals surface area contributed by atoms with E-state index in [1.54, 1.807) is 11.1 Å². The molecule has 0 radical (unpaired) electrons. The van der Waals surface area contributed by atoms with E-state index in [-0.39, 0.29) is 5.91 Å². The van der Waals surface area contributed by atoms with Gasteiger partial charge in [0.1, 0.15) is 0 Å². The molecule has 1 aromatic rings. The summed E-state index contributed by atoms with van der Waals surface area (Å²) in [7, 11) is 0. The first-order valence-electron chi connectivity index (χ1n) is 6.17. The highest BCUT2D eigenvalue weighted by atomic mass is 16.2. The molecule has 1 heterocycles. The Morgan fingerprint density at radius 2 is 2.12 bits per heavy atom. The number of nitrogens with zero attached hydrogens (tertiary/aromatic N) is 3. The van der Waals surface area contributed by atoms with Crippen molar-refractivity contribution in [2.75, 3.05) is 19.6 Å². The second-order valence-electron chi connectivity index (χ2n) is 3.99. The second-order valence-corrected chi connectivity index (χ2v) is 3.99. The number of rotatable bonds is 6. The average Bonchev–Trinajstić information content (AvgIpc) is 2.69. The topological polar surface area (TPSA) is 64.2 Å². The molecule has 0 aromatic carbocycles. The minimum absolute atomic E-state index is 0.0616. The number of aromatic nitrogens is 2. The maximum Gasteiger partial charge on any atom is 0.257 e. The molecular formula is C12H22N4O. The van der Waals surface area contributed by atoms with Gasteiger partial charge < -0.3 is 10.6 Å². The van der Waals surface area contributed by atoms with Gasteiger partial charge >= 0.3 is 0 Å². The van der Waals surface area contributed by atoms with Gasteiger partial charge in [0.25, 0.3) is 5.91 Å². The first-order valence-corrected chi connectivity index (χ1v) is 6.17. The van der Waals surface area contributed by atoms with Crippen LogP contribution in [-0.4, -0.2) is 40.2 Å². The first kappa shape index (κ1) is 13.7. The summed E-state index contributed by atoms with van der Waals surface area (Å²) in [5, 5.41) is 4.24. The largest absolute Gasteiger partial charge is 0.339 e. The molecule has 0 unspecified atom stereocenters. The molecule has 5 heteroatoms. The molecule has 0 aliphatic heterocycles. The normalized spacial score (nSPS) is 10.6. The third-order valence-electron chi connectivity index (χ3n) is 2.96. The smallest absolute Gasteiger partial charge is 0.257 e. The summed E-state index contributed by atoms with van der Waals surface area (Å²) >= 11 is 0. The van der Waals surface area contributed by atoms with E-state index in [1.165, 1.54) is 0 Å². The molecule has 96 valence electrons. The van der Waals surface area contributed by atoms with Crippen LogP contribution in [0.3, 0.4) is 0 Å². The zero-order valence-corrected chi connectivity index (χ0v) is 10.9. The van der Waals surface area contributed by atoms with Gasteiger partial charge in [-0.15, -0.1) is 0 Å². The standard InChI is InChI=1S/C12H22N4O/c1-4-15(5-2)12(17)11-9-14-16(10(11)3)8-6-7-13/h9H,4-8,13H2,1-3H3. The SMILES string of the molecule is CCN(CC)C(=O)c1cnn(CCCN)c1C. The van der Waals surface area contributed by atoms with E-state index < -0.39 is 0 Å². The van der Waals surface area contributed by atoms with Gasteiger partial charge in [-0.2, -0.15) is 5.10 Å². The zero-order valence-electron chi connectivity index (χ0n) is 10.9. The predicted molar refractivity (Wildman–Crippen MR) is 67.9 cm³/mol. The summed E-state index contributed by atoms with van der Waals surface area (Å²) in [6, 6.07) is 0. The van der Waals surface area contributed by atoms with E-state index in [0.717, 1.165) is 31.7 Å². The van der Waals surface area contributed by atoms with Crippen LogP contribution < -0.4 is 5.73 Å². The fraction of sp³-hybridized carbons (Fsp3) is 0.667. The Hall–Kier alpha value is -1.36. The molecule has 0 saturated carbocycles. The molecule has 2 N–H and O–H groups in total. The summed E-state index contributed by atoms with van der Waals surface area (Å²) in [6.45, 7) is 8.75. The van der Waals surface area contributed by atoms with Crippen molar-refractivity contribution in [3.63, 3.8) is 0 Å². The van der Waals surface area contributed by atoms with E-state index in [9.17, 15) is 4.79 Å². The zero-order chi connectivity index (χ0) is 12.8. The van der Waals surface area contributed by atoms with Crippen LogP contribution >= 0.6 is 0 Å². The van der Waals surface area contributed by atoms with Crippen LogP contribution in [0.25, 0.3) is 0 Å². The van der Waals surface area contributed by atoms with E-state index >= 15 is 0 Å². The maximum atomic E-state index is 12.2. The molecule has 0 saturated heterocycles. The molecule has 0 aliphatic carbocycles.